The number of alkyl halides is 3. The monoisotopic (exact) mass is 262 g/mol. The molecule has 0 aliphatic carbocycles. The third-order valence-electron chi connectivity index (χ3n) is 2.28. The van der Waals surface area contributed by atoms with Gasteiger partial charge < -0.3 is 15.7 Å². The molecule has 0 heterocycles. The zero-order valence-electron chi connectivity index (χ0n) is 9.44. The molecule has 0 amide bonds. The van der Waals surface area contributed by atoms with Gasteiger partial charge in [0.2, 0.25) is 0 Å². The molecule has 1 aromatic rings. The van der Waals surface area contributed by atoms with Gasteiger partial charge in [-0.2, -0.15) is 13.2 Å². The first-order chi connectivity index (χ1) is 8.34. The predicted molar refractivity (Wildman–Crippen MR) is 60.3 cm³/mol. The van der Waals surface area contributed by atoms with Gasteiger partial charge in [-0.3, -0.25) is 4.79 Å². The number of benzene rings is 1. The van der Waals surface area contributed by atoms with E-state index in [-0.39, 0.29) is 19.6 Å². The molecule has 0 spiro atoms. The lowest BCUT2D eigenvalue weighted by molar-refractivity contribution is -0.138. The van der Waals surface area contributed by atoms with Gasteiger partial charge in [0.15, 0.2) is 0 Å². The lowest BCUT2D eigenvalue weighted by Gasteiger charge is -2.22. The van der Waals surface area contributed by atoms with Crippen molar-refractivity contribution in [3.63, 3.8) is 0 Å². The van der Waals surface area contributed by atoms with Gasteiger partial charge in [0.1, 0.15) is 6.54 Å². The van der Waals surface area contributed by atoms with Gasteiger partial charge in [0.05, 0.1) is 5.56 Å². The Morgan fingerprint density at radius 3 is 2.22 bits per heavy atom. The van der Waals surface area contributed by atoms with Gasteiger partial charge in [-0.1, -0.05) is 0 Å². The first-order valence-electron chi connectivity index (χ1n) is 5.18. The van der Waals surface area contributed by atoms with Crippen LogP contribution in [0, 0.1) is 0 Å². The molecule has 0 radical (unpaired) electrons. The summed E-state index contributed by atoms with van der Waals surface area (Å²) in [5.74, 6) is -1.07. The fraction of sp³-hybridized carbons (Fsp3) is 0.364. The zero-order valence-corrected chi connectivity index (χ0v) is 9.44. The largest absolute Gasteiger partial charge is 0.480 e. The normalized spacial score (nSPS) is 11.3. The number of halogens is 3. The summed E-state index contributed by atoms with van der Waals surface area (Å²) < 4.78 is 37.1. The molecule has 1 rings (SSSR count). The summed E-state index contributed by atoms with van der Waals surface area (Å²) in [6.45, 7) is 0.175. The lowest BCUT2D eigenvalue weighted by Crippen LogP contribution is -2.34. The van der Waals surface area contributed by atoms with Crippen molar-refractivity contribution in [2.45, 2.75) is 6.18 Å². The maximum Gasteiger partial charge on any atom is 0.416 e. The second kappa shape index (κ2) is 5.72. The number of hydrogen-bond acceptors (Lipinski definition) is 3. The van der Waals surface area contributed by atoms with E-state index in [1.165, 1.54) is 17.0 Å². The second-order valence-corrected chi connectivity index (χ2v) is 3.65. The molecular formula is C11H13F3N2O2. The topological polar surface area (TPSA) is 66.6 Å². The number of nitrogens with two attached hydrogens (primary N) is 1. The van der Waals surface area contributed by atoms with Crippen molar-refractivity contribution in [3.05, 3.63) is 29.8 Å². The highest BCUT2D eigenvalue weighted by atomic mass is 19.4. The Morgan fingerprint density at radius 1 is 1.28 bits per heavy atom. The van der Waals surface area contributed by atoms with Crippen molar-refractivity contribution in [2.75, 3.05) is 24.5 Å². The van der Waals surface area contributed by atoms with Crippen molar-refractivity contribution in [3.8, 4) is 0 Å². The summed E-state index contributed by atoms with van der Waals surface area (Å²) in [5, 5.41) is 8.69. The van der Waals surface area contributed by atoms with Crippen molar-refractivity contribution >= 4 is 11.7 Å². The third-order valence-corrected chi connectivity index (χ3v) is 2.28. The third kappa shape index (κ3) is 3.92. The molecule has 18 heavy (non-hydrogen) atoms. The molecule has 0 saturated heterocycles. The van der Waals surface area contributed by atoms with E-state index in [0.717, 1.165) is 12.1 Å². The molecule has 7 heteroatoms. The predicted octanol–water partition coefficient (Wildman–Crippen LogP) is 1.56. The second-order valence-electron chi connectivity index (χ2n) is 3.65. The average Bonchev–Trinajstić information content (AvgIpc) is 2.27. The van der Waals surface area contributed by atoms with Crippen LogP contribution >= 0.6 is 0 Å². The molecule has 0 fully saturated rings. The van der Waals surface area contributed by atoms with E-state index in [1.54, 1.807) is 0 Å². The van der Waals surface area contributed by atoms with Crippen LogP contribution in [0.25, 0.3) is 0 Å². The van der Waals surface area contributed by atoms with Gasteiger partial charge >= 0.3 is 12.1 Å². The first kappa shape index (κ1) is 14.3. The minimum atomic E-state index is -4.40. The Bertz CT molecular complexity index is 404. The van der Waals surface area contributed by atoms with E-state index in [4.69, 9.17) is 10.8 Å². The number of rotatable bonds is 5. The Morgan fingerprint density at radius 2 is 1.83 bits per heavy atom. The summed E-state index contributed by atoms with van der Waals surface area (Å²) in [5.41, 5.74) is 4.96. The van der Waals surface area contributed by atoms with Crippen LogP contribution in [0.5, 0.6) is 0 Å². The quantitative estimate of drug-likeness (QED) is 0.845. The van der Waals surface area contributed by atoms with Gasteiger partial charge in [0.25, 0.3) is 0 Å². The summed E-state index contributed by atoms with van der Waals surface area (Å²) in [6, 6.07) is 4.31. The number of anilines is 1. The van der Waals surface area contributed by atoms with Crippen molar-refractivity contribution in [2.24, 2.45) is 5.73 Å². The van der Waals surface area contributed by atoms with Crippen LogP contribution in [0.4, 0.5) is 18.9 Å². The van der Waals surface area contributed by atoms with Gasteiger partial charge in [-0.25, -0.2) is 0 Å². The highest BCUT2D eigenvalue weighted by molar-refractivity contribution is 5.73. The fourth-order valence-corrected chi connectivity index (χ4v) is 1.48. The summed E-state index contributed by atoms with van der Waals surface area (Å²) in [7, 11) is 0. The number of carboxylic acid groups (broad SMARTS) is 1. The molecule has 0 aliphatic rings. The van der Waals surface area contributed by atoms with E-state index in [9.17, 15) is 18.0 Å². The van der Waals surface area contributed by atoms with E-state index >= 15 is 0 Å². The summed E-state index contributed by atoms with van der Waals surface area (Å²) in [4.78, 5) is 12.0. The number of aliphatic carboxylic acids is 1. The van der Waals surface area contributed by atoms with E-state index in [0.29, 0.717) is 5.69 Å². The molecule has 0 aromatic heterocycles. The maximum atomic E-state index is 12.4. The van der Waals surface area contributed by atoms with Crippen LogP contribution in [-0.4, -0.2) is 30.7 Å². The zero-order chi connectivity index (χ0) is 13.8. The number of carboxylic acids is 1. The molecule has 0 atom stereocenters. The average molecular weight is 262 g/mol. The van der Waals surface area contributed by atoms with Crippen LogP contribution in [-0.2, 0) is 11.0 Å². The summed E-state index contributed by atoms with van der Waals surface area (Å²) >= 11 is 0. The molecule has 0 bridgehead atoms. The number of carbonyl (C=O) groups is 1. The first-order valence-corrected chi connectivity index (χ1v) is 5.18. The summed E-state index contributed by atoms with van der Waals surface area (Å²) in [6.07, 6.45) is -4.40. The van der Waals surface area contributed by atoms with Crippen molar-refractivity contribution < 1.29 is 23.1 Å². The molecular weight excluding hydrogens is 249 g/mol. The van der Waals surface area contributed by atoms with Crippen LogP contribution in [0.1, 0.15) is 5.56 Å². The van der Waals surface area contributed by atoms with E-state index < -0.39 is 17.7 Å². The number of nitrogens with zero attached hydrogens (tertiary/aromatic N) is 1. The SMILES string of the molecule is NCCN(CC(=O)O)c1ccc(C(F)(F)F)cc1. The van der Waals surface area contributed by atoms with E-state index in [2.05, 4.69) is 0 Å². The Hall–Kier alpha value is -1.76. The Balaban J connectivity index is 2.90. The smallest absolute Gasteiger partial charge is 0.416 e. The van der Waals surface area contributed by atoms with Gasteiger partial charge in [0, 0.05) is 18.8 Å². The molecule has 4 nitrogen and oxygen atoms in total. The van der Waals surface area contributed by atoms with Crippen LogP contribution in [0.2, 0.25) is 0 Å². The molecule has 100 valence electrons. The fourth-order valence-electron chi connectivity index (χ4n) is 1.48. The molecule has 0 saturated carbocycles. The molecule has 1 aromatic carbocycles. The van der Waals surface area contributed by atoms with Crippen LogP contribution in [0.15, 0.2) is 24.3 Å². The highest BCUT2D eigenvalue weighted by Gasteiger charge is 2.30. The minimum absolute atomic E-state index is 0.217. The molecule has 0 aliphatic heterocycles. The minimum Gasteiger partial charge on any atom is -0.480 e. The van der Waals surface area contributed by atoms with E-state index in [1.807, 2.05) is 0 Å². The van der Waals surface area contributed by atoms with Crippen LogP contribution in [0.3, 0.4) is 0 Å². The van der Waals surface area contributed by atoms with Crippen molar-refractivity contribution in [1.29, 1.82) is 0 Å². The Kier molecular flexibility index (Phi) is 4.55. The van der Waals surface area contributed by atoms with Crippen LogP contribution < -0.4 is 10.6 Å². The van der Waals surface area contributed by atoms with Crippen molar-refractivity contribution in [1.82, 2.24) is 0 Å². The standard InChI is InChI=1S/C11H13F3N2O2/c12-11(13,14)8-1-3-9(4-2-8)16(6-5-15)7-10(17)18/h1-4H,5-7,15H2,(H,17,18). The Labute approximate surface area is 102 Å². The molecule has 0 unspecified atom stereocenters. The van der Waals surface area contributed by atoms with Gasteiger partial charge in [-0.05, 0) is 24.3 Å². The van der Waals surface area contributed by atoms with Gasteiger partial charge in [-0.15, -0.1) is 0 Å². The maximum absolute atomic E-state index is 12.4. The number of hydrogen-bond donors (Lipinski definition) is 2. The molecule has 3 N–H and O–H groups in total. The lowest BCUT2D eigenvalue weighted by atomic mass is 10.2. The highest BCUT2D eigenvalue weighted by Crippen LogP contribution is 2.30.